The van der Waals surface area contributed by atoms with Crippen molar-refractivity contribution < 1.29 is 9.21 Å². The average molecular weight is 389 g/mol. The molecule has 0 saturated heterocycles. The molecule has 2 unspecified atom stereocenters. The van der Waals surface area contributed by atoms with E-state index in [1.807, 2.05) is 13.0 Å². The predicted octanol–water partition coefficient (Wildman–Crippen LogP) is 6.37. The van der Waals surface area contributed by atoms with Gasteiger partial charge in [0, 0.05) is 23.2 Å². The number of furan rings is 1. The smallest absolute Gasteiger partial charge is 0.155 e. The lowest BCUT2D eigenvalue weighted by atomic mass is 9.47. The second-order valence-electron chi connectivity index (χ2n) is 10.7. The average Bonchev–Trinajstić information content (AvgIpc) is 3.23. The van der Waals surface area contributed by atoms with Gasteiger partial charge >= 0.3 is 0 Å². The Balaban J connectivity index is 1.69. The number of terminal acetylenes is 1. The quantitative estimate of drug-likeness (QED) is 0.413. The maximum Gasteiger partial charge on any atom is 0.155 e. The Kier molecular flexibility index (Phi) is 3.93. The predicted molar refractivity (Wildman–Crippen MR) is 115 cm³/mol. The van der Waals surface area contributed by atoms with E-state index in [2.05, 4.69) is 44.9 Å². The van der Waals surface area contributed by atoms with Gasteiger partial charge in [-0.05, 0) is 81.4 Å². The fraction of sp³-hybridized carbons (Fsp3) is 0.593. The topological polar surface area (TPSA) is 30.2 Å². The summed E-state index contributed by atoms with van der Waals surface area (Å²) < 4.78 is 6.19. The van der Waals surface area contributed by atoms with Crippen LogP contribution in [0.5, 0.6) is 0 Å². The van der Waals surface area contributed by atoms with Gasteiger partial charge in [0.15, 0.2) is 5.78 Å². The normalized spacial score (nSPS) is 43.6. The molecule has 4 aliphatic rings. The fourth-order valence-electron chi connectivity index (χ4n) is 7.28. The van der Waals surface area contributed by atoms with Crippen LogP contribution in [0.15, 0.2) is 39.8 Å². The Morgan fingerprint density at radius 2 is 2.00 bits per heavy atom. The molecule has 0 aromatic carbocycles. The van der Waals surface area contributed by atoms with Crippen molar-refractivity contribution in [3.8, 4) is 12.3 Å². The molecular formula is C27H32O2. The van der Waals surface area contributed by atoms with E-state index < -0.39 is 0 Å². The van der Waals surface area contributed by atoms with Gasteiger partial charge in [0.1, 0.15) is 11.5 Å². The van der Waals surface area contributed by atoms with Crippen molar-refractivity contribution in [3.05, 3.63) is 47.0 Å². The summed E-state index contributed by atoms with van der Waals surface area (Å²) in [6.07, 6.45) is 16.4. The third kappa shape index (κ3) is 2.40. The van der Waals surface area contributed by atoms with Crippen molar-refractivity contribution in [1.29, 1.82) is 0 Å². The summed E-state index contributed by atoms with van der Waals surface area (Å²) in [4.78, 5) is 12.3. The maximum atomic E-state index is 12.3. The Hall–Kier alpha value is -2.01. The molecule has 152 valence electrons. The summed E-state index contributed by atoms with van der Waals surface area (Å²) in [5, 5.41) is 0. The molecule has 0 amide bonds. The largest absolute Gasteiger partial charge is 0.466 e. The number of carbonyl (C=O) groups excluding carboxylic acids is 1. The van der Waals surface area contributed by atoms with E-state index in [1.165, 1.54) is 12.0 Å². The highest BCUT2D eigenvalue weighted by atomic mass is 16.3. The van der Waals surface area contributed by atoms with E-state index in [0.29, 0.717) is 24.2 Å². The zero-order valence-corrected chi connectivity index (χ0v) is 18.2. The first-order chi connectivity index (χ1) is 13.7. The maximum absolute atomic E-state index is 12.3. The number of allylic oxidation sites excluding steroid dienone is 4. The van der Waals surface area contributed by atoms with Gasteiger partial charge in [-0.2, -0.15) is 0 Å². The highest BCUT2D eigenvalue weighted by Gasteiger charge is 2.62. The van der Waals surface area contributed by atoms with Crippen molar-refractivity contribution in [2.45, 2.75) is 72.1 Å². The minimum Gasteiger partial charge on any atom is -0.466 e. The van der Waals surface area contributed by atoms with E-state index in [4.69, 9.17) is 10.8 Å². The first-order valence-electron chi connectivity index (χ1n) is 11.2. The monoisotopic (exact) mass is 388 g/mol. The van der Waals surface area contributed by atoms with Crippen LogP contribution in [0.25, 0.3) is 0 Å². The third-order valence-electron chi connectivity index (χ3n) is 9.44. The van der Waals surface area contributed by atoms with Crippen LogP contribution >= 0.6 is 0 Å². The van der Waals surface area contributed by atoms with E-state index in [0.717, 1.165) is 37.2 Å². The highest BCUT2D eigenvalue weighted by molar-refractivity contribution is 5.92. The molecule has 2 saturated carbocycles. The lowest BCUT2D eigenvalue weighted by Gasteiger charge is -2.56. The van der Waals surface area contributed by atoms with Crippen LogP contribution in [0, 0.1) is 47.3 Å². The van der Waals surface area contributed by atoms with Crippen LogP contribution in [0.1, 0.15) is 76.7 Å². The van der Waals surface area contributed by atoms with Crippen LogP contribution in [-0.4, -0.2) is 5.78 Å². The van der Waals surface area contributed by atoms with Gasteiger partial charge in [-0.1, -0.05) is 37.0 Å². The van der Waals surface area contributed by atoms with Gasteiger partial charge in [0.2, 0.25) is 0 Å². The molecule has 1 aromatic heterocycles. The van der Waals surface area contributed by atoms with Crippen LogP contribution in [0.2, 0.25) is 0 Å². The summed E-state index contributed by atoms with van der Waals surface area (Å²) in [6.45, 7) is 9.13. The van der Waals surface area contributed by atoms with Crippen LogP contribution in [0.3, 0.4) is 0 Å². The molecule has 6 atom stereocenters. The molecule has 0 spiro atoms. The molecule has 2 heteroatoms. The Bertz CT molecular complexity index is 984. The van der Waals surface area contributed by atoms with E-state index in [9.17, 15) is 4.79 Å². The zero-order chi connectivity index (χ0) is 20.6. The lowest BCUT2D eigenvalue weighted by molar-refractivity contribution is -0.115. The zero-order valence-electron chi connectivity index (χ0n) is 18.2. The van der Waals surface area contributed by atoms with E-state index in [1.54, 1.807) is 5.57 Å². The van der Waals surface area contributed by atoms with Crippen molar-refractivity contribution in [1.82, 2.24) is 0 Å². The molecule has 0 N–H and O–H groups in total. The summed E-state index contributed by atoms with van der Waals surface area (Å²) in [7, 11) is 0. The molecular weight excluding hydrogens is 356 g/mol. The Labute approximate surface area is 174 Å². The molecule has 1 heterocycles. The summed E-state index contributed by atoms with van der Waals surface area (Å²) >= 11 is 0. The lowest BCUT2D eigenvalue weighted by Crippen LogP contribution is -2.49. The first kappa shape index (κ1) is 19.0. The van der Waals surface area contributed by atoms with Gasteiger partial charge in [-0.15, -0.1) is 6.42 Å². The van der Waals surface area contributed by atoms with Gasteiger partial charge in [0.25, 0.3) is 0 Å². The molecule has 0 radical (unpaired) electrons. The number of hydrogen-bond acceptors (Lipinski definition) is 2. The van der Waals surface area contributed by atoms with Crippen molar-refractivity contribution in [2.24, 2.45) is 28.1 Å². The number of carbonyl (C=O) groups is 1. The Morgan fingerprint density at radius 3 is 2.69 bits per heavy atom. The van der Waals surface area contributed by atoms with Gasteiger partial charge in [0.05, 0.1) is 0 Å². The van der Waals surface area contributed by atoms with Crippen molar-refractivity contribution in [2.75, 3.05) is 0 Å². The second-order valence-corrected chi connectivity index (χ2v) is 10.7. The minimum atomic E-state index is -0.0527. The fourth-order valence-corrected chi connectivity index (χ4v) is 7.28. The first-order valence-corrected chi connectivity index (χ1v) is 11.2. The molecule has 29 heavy (non-hydrogen) atoms. The van der Waals surface area contributed by atoms with Crippen LogP contribution in [-0.2, 0) is 4.79 Å². The van der Waals surface area contributed by atoms with Crippen LogP contribution in [0.4, 0.5) is 0 Å². The third-order valence-corrected chi connectivity index (χ3v) is 9.44. The second kappa shape index (κ2) is 6.00. The molecule has 2 nitrogen and oxygen atoms in total. The number of hydrogen-bond donors (Lipinski definition) is 0. The number of aryl methyl sites for hydroxylation is 1. The Morgan fingerprint density at radius 1 is 1.21 bits per heavy atom. The van der Waals surface area contributed by atoms with Gasteiger partial charge in [-0.25, -0.2) is 0 Å². The standard InChI is InChI=1S/C27H32O2/c1-6-25(3)12-10-22-24-20(23-8-7-17(2)29-23)16-18-15-19(28)9-13-26(18,4)21(24)11-14-27(22,25)5/h1,7-8,11,15,20,22,24H,9-10,12-14,16H2,2-5H3/t20-,22?,24?,25+,26-,27-/m0/s1. The van der Waals surface area contributed by atoms with Crippen LogP contribution < -0.4 is 0 Å². The van der Waals surface area contributed by atoms with Gasteiger partial charge < -0.3 is 4.42 Å². The summed E-state index contributed by atoms with van der Waals surface area (Å²) in [5.74, 6) is 6.84. The van der Waals surface area contributed by atoms with Gasteiger partial charge in [-0.3, -0.25) is 4.79 Å². The minimum absolute atomic E-state index is 0.0210. The number of fused-ring (bicyclic) bond motifs is 5. The molecule has 0 aliphatic heterocycles. The van der Waals surface area contributed by atoms with Crippen molar-refractivity contribution >= 4 is 5.78 Å². The molecule has 2 fully saturated rings. The van der Waals surface area contributed by atoms with E-state index >= 15 is 0 Å². The SMILES string of the molecule is C#C[C@]1(C)CCC2C3C(=CC[C@@]21C)[C@@]1(C)CCC(=O)C=C1C[C@H]3c1ccc(C)o1. The molecule has 4 aliphatic carbocycles. The van der Waals surface area contributed by atoms with E-state index in [-0.39, 0.29) is 22.0 Å². The molecule has 0 bridgehead atoms. The number of rotatable bonds is 1. The summed E-state index contributed by atoms with van der Waals surface area (Å²) in [6, 6.07) is 4.24. The molecule has 5 rings (SSSR count). The van der Waals surface area contributed by atoms with Crippen molar-refractivity contribution in [3.63, 3.8) is 0 Å². The molecule has 1 aromatic rings. The highest BCUT2D eigenvalue weighted by Crippen LogP contribution is 2.70. The number of ketones is 1. The summed E-state index contributed by atoms with van der Waals surface area (Å²) in [5.41, 5.74) is 2.97.